The Balaban J connectivity index is 1.85. The molecule has 0 unspecified atom stereocenters. The van der Waals surface area contributed by atoms with Crippen LogP contribution in [0.25, 0.3) is 0 Å². The molecule has 0 radical (unpaired) electrons. The van der Waals surface area contributed by atoms with Crippen molar-refractivity contribution < 1.29 is 9.15 Å². The second kappa shape index (κ2) is 8.15. The van der Waals surface area contributed by atoms with Crippen LogP contribution in [0.2, 0.25) is 0 Å². The summed E-state index contributed by atoms with van der Waals surface area (Å²) in [7, 11) is 0. The number of ether oxygens (including phenoxy) is 1. The van der Waals surface area contributed by atoms with E-state index in [1.807, 2.05) is 36.6 Å². The lowest BCUT2D eigenvalue weighted by Gasteiger charge is -2.08. The number of rotatable bonds is 8. The molecule has 2 rings (SSSR count). The minimum Gasteiger partial charge on any atom is -0.484 e. The van der Waals surface area contributed by atoms with Gasteiger partial charge in [-0.1, -0.05) is 26.0 Å². The summed E-state index contributed by atoms with van der Waals surface area (Å²) in [5.41, 5.74) is 0. The quantitative estimate of drug-likeness (QED) is 0.736. The van der Waals surface area contributed by atoms with Crippen molar-refractivity contribution in [3.8, 4) is 5.75 Å². The summed E-state index contributed by atoms with van der Waals surface area (Å²) in [5, 5.41) is 3.37. The van der Waals surface area contributed by atoms with E-state index in [9.17, 15) is 0 Å². The summed E-state index contributed by atoms with van der Waals surface area (Å²) in [6.07, 6.45) is 2.05. The van der Waals surface area contributed by atoms with Gasteiger partial charge in [-0.3, -0.25) is 0 Å². The molecule has 3 nitrogen and oxygen atoms in total. The average molecular weight is 305 g/mol. The first kappa shape index (κ1) is 16.0. The van der Waals surface area contributed by atoms with E-state index in [-0.39, 0.29) is 0 Å². The number of hydrogen-bond donors (Lipinski definition) is 1. The van der Waals surface area contributed by atoms with Crippen molar-refractivity contribution in [2.75, 3.05) is 12.8 Å². The Hall–Kier alpha value is -1.39. The molecule has 0 bridgehead atoms. The van der Waals surface area contributed by atoms with E-state index in [0.29, 0.717) is 12.5 Å². The maximum Gasteiger partial charge on any atom is 0.146 e. The van der Waals surface area contributed by atoms with Crippen LogP contribution in [0.1, 0.15) is 25.4 Å². The summed E-state index contributed by atoms with van der Waals surface area (Å²) < 4.78 is 11.6. The number of para-hydroxylation sites is 1. The van der Waals surface area contributed by atoms with Gasteiger partial charge in [-0.2, -0.15) is 0 Å². The second-order valence-electron chi connectivity index (χ2n) is 5.33. The molecule has 2 aromatic rings. The highest BCUT2D eigenvalue weighted by molar-refractivity contribution is 7.98. The van der Waals surface area contributed by atoms with Crippen LogP contribution in [0.5, 0.6) is 5.75 Å². The molecule has 1 heterocycles. The van der Waals surface area contributed by atoms with Crippen LogP contribution >= 0.6 is 11.8 Å². The van der Waals surface area contributed by atoms with Crippen LogP contribution < -0.4 is 10.1 Å². The minimum atomic E-state index is 0.460. The van der Waals surface area contributed by atoms with E-state index >= 15 is 0 Å². The standard InChI is InChI=1S/C17H23NO2S/c1-13(2)10-18-11-14-8-9-15(20-14)12-19-16-6-4-5-7-17(16)21-3/h4-9,13,18H,10-12H2,1-3H3. The van der Waals surface area contributed by atoms with Crippen LogP contribution in [0.3, 0.4) is 0 Å². The monoisotopic (exact) mass is 305 g/mol. The topological polar surface area (TPSA) is 34.4 Å². The molecular weight excluding hydrogens is 282 g/mol. The molecule has 0 saturated carbocycles. The average Bonchev–Trinajstić information content (AvgIpc) is 2.93. The first-order valence-electron chi connectivity index (χ1n) is 7.23. The van der Waals surface area contributed by atoms with Gasteiger partial charge < -0.3 is 14.5 Å². The molecule has 0 aliphatic heterocycles. The van der Waals surface area contributed by atoms with Gasteiger partial charge in [-0.25, -0.2) is 0 Å². The molecular formula is C17H23NO2S. The molecule has 0 atom stereocenters. The largest absolute Gasteiger partial charge is 0.484 e. The maximum absolute atomic E-state index is 5.84. The van der Waals surface area contributed by atoms with Gasteiger partial charge >= 0.3 is 0 Å². The van der Waals surface area contributed by atoms with Crippen molar-refractivity contribution in [3.05, 3.63) is 47.9 Å². The van der Waals surface area contributed by atoms with Crippen LogP contribution in [-0.4, -0.2) is 12.8 Å². The SMILES string of the molecule is CSc1ccccc1OCc1ccc(CNCC(C)C)o1. The summed E-state index contributed by atoms with van der Waals surface area (Å²) in [4.78, 5) is 1.14. The zero-order chi connectivity index (χ0) is 15.1. The van der Waals surface area contributed by atoms with Gasteiger partial charge in [-0.05, 0) is 43.0 Å². The third-order valence-electron chi connectivity index (χ3n) is 3.01. The van der Waals surface area contributed by atoms with E-state index < -0.39 is 0 Å². The fourth-order valence-corrected chi connectivity index (χ4v) is 2.51. The molecule has 0 aliphatic rings. The molecule has 0 spiro atoms. The first-order chi connectivity index (χ1) is 10.2. The van der Waals surface area contributed by atoms with Gasteiger partial charge in [0.25, 0.3) is 0 Å². The lowest BCUT2D eigenvalue weighted by molar-refractivity contribution is 0.259. The second-order valence-corrected chi connectivity index (χ2v) is 6.18. The highest BCUT2D eigenvalue weighted by Gasteiger charge is 2.06. The van der Waals surface area contributed by atoms with E-state index in [1.54, 1.807) is 11.8 Å². The summed E-state index contributed by atoms with van der Waals surface area (Å²) in [5.74, 6) is 3.35. The molecule has 21 heavy (non-hydrogen) atoms. The van der Waals surface area contributed by atoms with Crippen molar-refractivity contribution >= 4 is 11.8 Å². The van der Waals surface area contributed by atoms with Crippen molar-refractivity contribution in [2.24, 2.45) is 5.92 Å². The van der Waals surface area contributed by atoms with E-state index in [2.05, 4.69) is 25.2 Å². The van der Waals surface area contributed by atoms with Crippen LogP contribution in [-0.2, 0) is 13.2 Å². The van der Waals surface area contributed by atoms with Crippen molar-refractivity contribution in [3.63, 3.8) is 0 Å². The van der Waals surface area contributed by atoms with E-state index in [1.165, 1.54) is 0 Å². The van der Waals surface area contributed by atoms with Gasteiger partial charge in [0, 0.05) is 4.90 Å². The van der Waals surface area contributed by atoms with Gasteiger partial charge in [0.05, 0.1) is 6.54 Å². The van der Waals surface area contributed by atoms with Gasteiger partial charge in [-0.15, -0.1) is 11.8 Å². The molecule has 1 aromatic carbocycles. The molecule has 0 fully saturated rings. The Kier molecular flexibility index (Phi) is 6.21. The smallest absolute Gasteiger partial charge is 0.146 e. The highest BCUT2D eigenvalue weighted by atomic mass is 32.2. The first-order valence-corrected chi connectivity index (χ1v) is 8.45. The molecule has 1 aromatic heterocycles. The minimum absolute atomic E-state index is 0.460. The van der Waals surface area contributed by atoms with Crippen LogP contribution in [0.15, 0.2) is 45.7 Å². The Morgan fingerprint density at radius 1 is 1.14 bits per heavy atom. The lowest BCUT2D eigenvalue weighted by Crippen LogP contribution is -2.18. The number of furan rings is 1. The van der Waals surface area contributed by atoms with Crippen molar-refractivity contribution in [1.29, 1.82) is 0 Å². The van der Waals surface area contributed by atoms with E-state index in [0.717, 1.165) is 35.3 Å². The Bertz CT molecular complexity index is 551. The van der Waals surface area contributed by atoms with Gasteiger partial charge in [0.1, 0.15) is 23.9 Å². The zero-order valence-corrected chi connectivity index (χ0v) is 13.7. The third-order valence-corrected chi connectivity index (χ3v) is 3.79. The molecule has 0 saturated heterocycles. The number of hydrogen-bond acceptors (Lipinski definition) is 4. The Morgan fingerprint density at radius 3 is 2.67 bits per heavy atom. The highest BCUT2D eigenvalue weighted by Crippen LogP contribution is 2.27. The fourth-order valence-electron chi connectivity index (χ4n) is 1.97. The summed E-state index contributed by atoms with van der Waals surface area (Å²) in [6.45, 7) is 6.60. The van der Waals surface area contributed by atoms with Crippen molar-refractivity contribution in [1.82, 2.24) is 5.32 Å². The lowest BCUT2D eigenvalue weighted by atomic mass is 10.2. The van der Waals surface area contributed by atoms with E-state index in [4.69, 9.17) is 9.15 Å². The third kappa shape index (κ3) is 5.14. The fraction of sp³-hybridized carbons (Fsp3) is 0.412. The molecule has 4 heteroatoms. The Labute approximate surface area is 131 Å². The molecule has 114 valence electrons. The maximum atomic E-state index is 5.84. The van der Waals surface area contributed by atoms with Gasteiger partial charge in [0.2, 0.25) is 0 Å². The van der Waals surface area contributed by atoms with Crippen LogP contribution in [0, 0.1) is 5.92 Å². The Morgan fingerprint density at radius 2 is 1.90 bits per heavy atom. The number of benzene rings is 1. The number of thioether (sulfide) groups is 1. The molecule has 0 aliphatic carbocycles. The molecule has 1 N–H and O–H groups in total. The zero-order valence-electron chi connectivity index (χ0n) is 12.9. The predicted molar refractivity (Wildman–Crippen MR) is 87.8 cm³/mol. The van der Waals surface area contributed by atoms with Crippen molar-refractivity contribution in [2.45, 2.75) is 31.9 Å². The number of nitrogens with one attached hydrogen (secondary N) is 1. The van der Waals surface area contributed by atoms with Gasteiger partial charge in [0.15, 0.2) is 0 Å². The normalized spacial score (nSPS) is 11.0. The van der Waals surface area contributed by atoms with Crippen LogP contribution in [0.4, 0.5) is 0 Å². The predicted octanol–water partition coefficient (Wildman–Crippen LogP) is 4.33. The summed E-state index contributed by atoms with van der Waals surface area (Å²) in [6, 6.07) is 12.0. The molecule has 0 amide bonds. The summed E-state index contributed by atoms with van der Waals surface area (Å²) >= 11 is 1.68.